The molecule has 0 aromatic carbocycles. The van der Waals surface area contributed by atoms with E-state index in [1.54, 1.807) is 0 Å². The highest BCUT2D eigenvalue weighted by molar-refractivity contribution is 8.12. The normalized spacial score (nSPS) is 25.7. The first-order valence-electron chi connectivity index (χ1n) is 2.78. The summed E-state index contributed by atoms with van der Waals surface area (Å²) in [6, 6.07) is -0.537. The molecule has 10 heavy (non-hydrogen) atoms. The average Bonchev–Trinajstić information content (AvgIpc) is 2.12. The molecule has 0 bridgehead atoms. The molecule has 0 N–H and O–H groups in total. The van der Waals surface area contributed by atoms with Crippen LogP contribution in [0, 0.1) is 0 Å². The molecule has 0 radical (unpaired) electrons. The Balaban J connectivity index is 2.31. The third-order valence-corrected chi connectivity index (χ3v) is 1.95. The summed E-state index contributed by atoms with van der Waals surface area (Å²) in [4.78, 5) is 3.64. The van der Waals surface area contributed by atoms with Crippen molar-refractivity contribution in [3.05, 3.63) is 0 Å². The molecule has 0 spiro atoms. The van der Waals surface area contributed by atoms with Gasteiger partial charge in [-0.1, -0.05) is 0 Å². The van der Waals surface area contributed by atoms with Gasteiger partial charge in [-0.05, 0) is 0 Å². The van der Waals surface area contributed by atoms with E-state index in [-0.39, 0.29) is 0 Å². The van der Waals surface area contributed by atoms with Crippen molar-refractivity contribution in [3.8, 4) is 0 Å². The van der Waals surface area contributed by atoms with Gasteiger partial charge in [0.1, 0.15) is 0 Å². The van der Waals surface area contributed by atoms with Crippen molar-refractivity contribution in [2.24, 2.45) is 4.99 Å². The lowest BCUT2D eigenvalue weighted by atomic mass is 10.2. The van der Waals surface area contributed by atoms with Gasteiger partial charge in [-0.15, -0.1) is 11.8 Å². The van der Waals surface area contributed by atoms with Crippen LogP contribution >= 0.6 is 11.8 Å². The van der Waals surface area contributed by atoms with Gasteiger partial charge in [0, 0.05) is 5.75 Å². The molecular formula is C5H6F3NS. The maximum absolute atomic E-state index is 11.6. The van der Waals surface area contributed by atoms with E-state index in [2.05, 4.69) is 4.99 Å². The second-order valence-electron chi connectivity index (χ2n) is 2.06. The van der Waals surface area contributed by atoms with E-state index < -0.39 is 18.6 Å². The Morgan fingerprint density at radius 1 is 1.60 bits per heavy atom. The standard InChI is InChI=1S/C5H6F3NS/c6-5(7,8)1-4-2-10-3-9-4/h3-4H,1-2H2. The lowest BCUT2D eigenvalue weighted by molar-refractivity contribution is -0.136. The van der Waals surface area contributed by atoms with E-state index in [9.17, 15) is 13.2 Å². The van der Waals surface area contributed by atoms with Gasteiger partial charge in [0.2, 0.25) is 0 Å². The van der Waals surface area contributed by atoms with Crippen molar-refractivity contribution in [1.29, 1.82) is 0 Å². The summed E-state index contributed by atoms with van der Waals surface area (Å²) in [5, 5.41) is 0. The van der Waals surface area contributed by atoms with E-state index in [1.165, 1.54) is 17.3 Å². The molecule has 1 heterocycles. The van der Waals surface area contributed by atoms with Crippen LogP contribution in [0.25, 0.3) is 0 Å². The topological polar surface area (TPSA) is 12.4 Å². The predicted molar refractivity (Wildman–Crippen MR) is 35.4 cm³/mol. The number of halogens is 3. The third kappa shape index (κ3) is 2.60. The molecule has 0 saturated carbocycles. The summed E-state index contributed by atoms with van der Waals surface area (Å²) in [5.74, 6) is 0.472. The van der Waals surface area contributed by atoms with Crippen LogP contribution in [0.5, 0.6) is 0 Å². The highest BCUT2D eigenvalue weighted by atomic mass is 32.2. The Morgan fingerprint density at radius 2 is 2.30 bits per heavy atom. The van der Waals surface area contributed by atoms with Crippen LogP contribution in [0.15, 0.2) is 4.99 Å². The van der Waals surface area contributed by atoms with Crippen LogP contribution < -0.4 is 0 Å². The van der Waals surface area contributed by atoms with Crippen molar-refractivity contribution in [1.82, 2.24) is 0 Å². The fourth-order valence-corrected chi connectivity index (χ4v) is 1.48. The Kier molecular flexibility index (Phi) is 2.23. The van der Waals surface area contributed by atoms with E-state index in [1.807, 2.05) is 0 Å². The zero-order chi connectivity index (χ0) is 7.61. The summed E-state index contributed by atoms with van der Waals surface area (Å²) in [6.07, 6.45) is -4.84. The van der Waals surface area contributed by atoms with Gasteiger partial charge < -0.3 is 0 Å². The number of nitrogens with zero attached hydrogens (tertiary/aromatic N) is 1. The van der Waals surface area contributed by atoms with Gasteiger partial charge >= 0.3 is 6.18 Å². The minimum Gasteiger partial charge on any atom is -0.282 e. The average molecular weight is 169 g/mol. The maximum Gasteiger partial charge on any atom is 0.391 e. The SMILES string of the molecule is FC(F)(F)CC1CSC=N1. The minimum atomic E-state index is -4.06. The van der Waals surface area contributed by atoms with Gasteiger partial charge in [-0.25, -0.2) is 0 Å². The van der Waals surface area contributed by atoms with Crippen molar-refractivity contribution in [2.45, 2.75) is 18.6 Å². The molecule has 0 amide bonds. The lowest BCUT2D eigenvalue weighted by Gasteiger charge is -2.08. The molecule has 1 rings (SSSR count). The van der Waals surface area contributed by atoms with Gasteiger partial charge in [-0.3, -0.25) is 4.99 Å². The van der Waals surface area contributed by atoms with Crippen LogP contribution in [0.1, 0.15) is 6.42 Å². The lowest BCUT2D eigenvalue weighted by Crippen LogP contribution is -2.17. The van der Waals surface area contributed by atoms with Gasteiger partial charge in [0.15, 0.2) is 0 Å². The number of rotatable bonds is 1. The second kappa shape index (κ2) is 2.82. The van der Waals surface area contributed by atoms with Crippen LogP contribution in [0.3, 0.4) is 0 Å². The number of hydrogen-bond donors (Lipinski definition) is 0. The monoisotopic (exact) mass is 169 g/mol. The Morgan fingerprint density at radius 3 is 2.70 bits per heavy atom. The Hall–Kier alpha value is -0.190. The molecule has 0 aromatic rings. The fraction of sp³-hybridized carbons (Fsp3) is 0.800. The van der Waals surface area contributed by atoms with Gasteiger partial charge in [-0.2, -0.15) is 13.2 Å². The second-order valence-corrected chi connectivity index (χ2v) is 2.94. The summed E-state index contributed by atoms with van der Waals surface area (Å²) in [5.41, 5.74) is 1.48. The minimum absolute atomic E-state index is 0.472. The number of aliphatic imine (C=N–C) groups is 1. The van der Waals surface area contributed by atoms with E-state index in [0.717, 1.165) is 0 Å². The molecule has 1 atom stereocenters. The molecule has 0 aliphatic carbocycles. The molecule has 0 saturated heterocycles. The first-order chi connectivity index (χ1) is 4.58. The molecular weight excluding hydrogens is 163 g/mol. The summed E-state index contributed by atoms with van der Waals surface area (Å²) in [6.45, 7) is 0. The van der Waals surface area contributed by atoms with Crippen LogP contribution in [0.4, 0.5) is 13.2 Å². The largest absolute Gasteiger partial charge is 0.391 e. The van der Waals surface area contributed by atoms with E-state index in [0.29, 0.717) is 5.75 Å². The third-order valence-electron chi connectivity index (χ3n) is 1.10. The molecule has 0 aromatic heterocycles. The fourth-order valence-electron chi connectivity index (χ4n) is 0.705. The molecule has 1 aliphatic heterocycles. The van der Waals surface area contributed by atoms with Crippen molar-refractivity contribution in [3.63, 3.8) is 0 Å². The van der Waals surface area contributed by atoms with Crippen LogP contribution in [0.2, 0.25) is 0 Å². The number of thioether (sulfide) groups is 1. The highest BCUT2D eigenvalue weighted by Gasteiger charge is 2.32. The van der Waals surface area contributed by atoms with Gasteiger partial charge in [0.05, 0.1) is 18.0 Å². The Labute approximate surface area is 60.7 Å². The van der Waals surface area contributed by atoms with Crippen molar-refractivity contribution >= 4 is 17.3 Å². The summed E-state index contributed by atoms with van der Waals surface area (Å²) in [7, 11) is 0. The quantitative estimate of drug-likeness (QED) is 0.585. The molecule has 5 heteroatoms. The smallest absolute Gasteiger partial charge is 0.282 e. The summed E-state index contributed by atoms with van der Waals surface area (Å²) < 4.78 is 34.9. The first kappa shape index (κ1) is 7.91. The zero-order valence-electron chi connectivity index (χ0n) is 5.06. The van der Waals surface area contributed by atoms with Gasteiger partial charge in [0.25, 0.3) is 0 Å². The molecule has 0 fully saturated rings. The molecule has 1 aliphatic rings. The van der Waals surface area contributed by atoms with Crippen molar-refractivity contribution in [2.75, 3.05) is 5.75 Å². The Bertz CT molecular complexity index is 142. The van der Waals surface area contributed by atoms with E-state index >= 15 is 0 Å². The zero-order valence-corrected chi connectivity index (χ0v) is 5.87. The van der Waals surface area contributed by atoms with E-state index in [4.69, 9.17) is 0 Å². The maximum atomic E-state index is 11.6. The highest BCUT2D eigenvalue weighted by Crippen LogP contribution is 2.26. The summed E-state index contributed by atoms with van der Waals surface area (Å²) >= 11 is 1.33. The number of hydrogen-bond acceptors (Lipinski definition) is 2. The van der Waals surface area contributed by atoms with Crippen molar-refractivity contribution < 1.29 is 13.2 Å². The molecule has 58 valence electrons. The van der Waals surface area contributed by atoms with Crippen LogP contribution in [-0.4, -0.2) is 23.5 Å². The molecule has 1 nitrogen and oxygen atoms in total. The molecule has 1 unspecified atom stereocenters. The first-order valence-corrected chi connectivity index (χ1v) is 3.83. The van der Waals surface area contributed by atoms with Crippen LogP contribution in [-0.2, 0) is 0 Å². The predicted octanol–water partition coefficient (Wildman–Crippen LogP) is 2.08. The number of alkyl halides is 3.